The molecule has 1 aliphatic heterocycles. The van der Waals surface area contributed by atoms with Crippen LogP contribution in [0.3, 0.4) is 0 Å². The van der Waals surface area contributed by atoms with Crippen LogP contribution in [0.5, 0.6) is 0 Å². The summed E-state index contributed by atoms with van der Waals surface area (Å²) in [7, 11) is 0. The Morgan fingerprint density at radius 2 is 1.77 bits per heavy atom. The van der Waals surface area contributed by atoms with Crippen molar-refractivity contribution in [3.63, 3.8) is 0 Å². The van der Waals surface area contributed by atoms with Crippen LogP contribution < -0.4 is 5.56 Å². The van der Waals surface area contributed by atoms with Crippen molar-refractivity contribution in [3.05, 3.63) is 51.1 Å². The van der Waals surface area contributed by atoms with Crippen LogP contribution in [-0.4, -0.2) is 43.2 Å². The van der Waals surface area contributed by atoms with Gasteiger partial charge >= 0.3 is 0 Å². The second-order valence-corrected chi connectivity index (χ2v) is 8.96. The van der Waals surface area contributed by atoms with Gasteiger partial charge in [-0.25, -0.2) is 4.68 Å². The summed E-state index contributed by atoms with van der Waals surface area (Å²) in [5.74, 6) is 0.818. The Balaban J connectivity index is 1.67. The normalized spacial score (nSPS) is 19.5. The maximum atomic E-state index is 13.3. The molecule has 1 atom stereocenters. The minimum Gasteiger partial charge on any atom is -0.321 e. The summed E-state index contributed by atoms with van der Waals surface area (Å²) >= 11 is 0. The van der Waals surface area contributed by atoms with Gasteiger partial charge in [0.2, 0.25) is 0 Å². The second-order valence-electron chi connectivity index (χ2n) is 8.96. The summed E-state index contributed by atoms with van der Waals surface area (Å²) in [5, 5.41) is 14.0. The fourth-order valence-corrected chi connectivity index (χ4v) is 5.26. The van der Waals surface area contributed by atoms with E-state index in [9.17, 15) is 4.79 Å². The van der Waals surface area contributed by atoms with E-state index in [1.54, 1.807) is 0 Å². The Morgan fingerprint density at radius 1 is 1.03 bits per heavy atom. The standard InChI is InChI=1S/C23H30N6O/c1-15-10-11-16(2)20-18(15)14-19(23(30)24-20)21(28-12-6-7-13-28)22-25-26-27-29(22)17-8-4-3-5-9-17/h10-11,14,17,21H,3-9,12-13H2,1-2H3,(H,24,30)/t21-/m0/s1. The molecule has 1 N–H and O–H groups in total. The minimum absolute atomic E-state index is 0.0358. The van der Waals surface area contributed by atoms with Gasteiger partial charge in [0.1, 0.15) is 6.04 Å². The number of likely N-dealkylation sites (tertiary alicyclic amines) is 1. The molecule has 3 heterocycles. The van der Waals surface area contributed by atoms with Crippen molar-refractivity contribution in [1.82, 2.24) is 30.1 Å². The number of aromatic nitrogens is 5. The first-order valence-electron chi connectivity index (χ1n) is 11.3. The molecule has 0 spiro atoms. The number of nitrogens with zero attached hydrogens (tertiary/aromatic N) is 5. The van der Waals surface area contributed by atoms with Crippen molar-refractivity contribution >= 4 is 10.9 Å². The van der Waals surface area contributed by atoms with Crippen LogP contribution in [-0.2, 0) is 0 Å². The van der Waals surface area contributed by atoms with Gasteiger partial charge in [0.25, 0.3) is 5.56 Å². The lowest BCUT2D eigenvalue weighted by atomic mass is 9.95. The Labute approximate surface area is 176 Å². The van der Waals surface area contributed by atoms with E-state index in [0.717, 1.165) is 66.6 Å². The molecule has 1 aromatic carbocycles. The van der Waals surface area contributed by atoms with Gasteiger partial charge in [0.05, 0.1) is 11.6 Å². The number of hydrogen-bond acceptors (Lipinski definition) is 5. The Morgan fingerprint density at radius 3 is 2.53 bits per heavy atom. The number of benzene rings is 1. The van der Waals surface area contributed by atoms with Crippen LogP contribution in [0.2, 0.25) is 0 Å². The molecule has 2 aliphatic rings. The molecule has 0 bridgehead atoms. The largest absolute Gasteiger partial charge is 0.321 e. The maximum absolute atomic E-state index is 13.3. The van der Waals surface area contributed by atoms with E-state index in [1.807, 2.05) is 11.6 Å². The van der Waals surface area contributed by atoms with Gasteiger partial charge in [0.15, 0.2) is 5.82 Å². The smallest absolute Gasteiger partial charge is 0.253 e. The first kappa shape index (κ1) is 19.4. The maximum Gasteiger partial charge on any atom is 0.253 e. The van der Waals surface area contributed by atoms with E-state index >= 15 is 0 Å². The molecule has 0 amide bonds. The zero-order chi connectivity index (χ0) is 20.7. The molecule has 2 aromatic heterocycles. The number of rotatable bonds is 4. The topological polar surface area (TPSA) is 79.7 Å². The predicted octanol–water partition coefficient (Wildman–Crippen LogP) is 3.82. The molecular weight excluding hydrogens is 376 g/mol. The third-order valence-corrected chi connectivity index (χ3v) is 6.96. The number of aryl methyl sites for hydroxylation is 2. The van der Waals surface area contributed by atoms with Gasteiger partial charge in [-0.1, -0.05) is 31.4 Å². The number of pyridine rings is 1. The fraction of sp³-hybridized carbons (Fsp3) is 0.565. The first-order valence-corrected chi connectivity index (χ1v) is 11.3. The summed E-state index contributed by atoms with van der Waals surface area (Å²) < 4.78 is 2.02. The molecule has 30 heavy (non-hydrogen) atoms. The number of H-pyrrole nitrogens is 1. The highest BCUT2D eigenvalue weighted by Crippen LogP contribution is 2.34. The molecule has 158 valence electrons. The van der Waals surface area contributed by atoms with Gasteiger partial charge in [0, 0.05) is 10.9 Å². The van der Waals surface area contributed by atoms with Gasteiger partial charge in [-0.15, -0.1) is 5.10 Å². The van der Waals surface area contributed by atoms with Crippen molar-refractivity contribution in [2.24, 2.45) is 0 Å². The second kappa shape index (κ2) is 7.95. The summed E-state index contributed by atoms with van der Waals surface area (Å²) in [6.07, 6.45) is 8.22. The summed E-state index contributed by atoms with van der Waals surface area (Å²) in [4.78, 5) is 18.9. The SMILES string of the molecule is Cc1ccc(C)c2[nH]c(=O)c([C@@H](c3nnnn3C3CCCCC3)N3CCCC3)cc12. The Hall–Kier alpha value is -2.54. The van der Waals surface area contributed by atoms with Crippen LogP contribution in [0, 0.1) is 13.8 Å². The number of nitrogens with one attached hydrogen (secondary N) is 1. The zero-order valence-electron chi connectivity index (χ0n) is 17.9. The third-order valence-electron chi connectivity index (χ3n) is 6.96. The van der Waals surface area contributed by atoms with Crippen LogP contribution in [0.15, 0.2) is 23.0 Å². The molecule has 1 saturated heterocycles. The average Bonchev–Trinajstić information content (AvgIpc) is 3.45. The van der Waals surface area contributed by atoms with Gasteiger partial charge in [-0.3, -0.25) is 9.69 Å². The van der Waals surface area contributed by atoms with Crippen LogP contribution in [0.25, 0.3) is 10.9 Å². The zero-order valence-corrected chi connectivity index (χ0v) is 17.9. The van der Waals surface area contributed by atoms with Crippen LogP contribution >= 0.6 is 0 Å². The highest BCUT2D eigenvalue weighted by atomic mass is 16.1. The van der Waals surface area contributed by atoms with Crippen LogP contribution in [0.4, 0.5) is 0 Å². The number of aromatic amines is 1. The molecule has 7 heteroatoms. The number of tetrazole rings is 1. The van der Waals surface area contributed by atoms with Gasteiger partial charge in [-0.2, -0.15) is 0 Å². The number of fused-ring (bicyclic) bond motifs is 1. The molecule has 1 saturated carbocycles. The highest BCUT2D eigenvalue weighted by Gasteiger charge is 2.34. The van der Waals surface area contributed by atoms with E-state index in [0.29, 0.717) is 6.04 Å². The third kappa shape index (κ3) is 3.35. The Bertz CT molecular complexity index is 1100. The molecule has 5 rings (SSSR count). The molecule has 3 aromatic rings. The molecular formula is C23H30N6O. The monoisotopic (exact) mass is 406 g/mol. The van der Waals surface area contributed by atoms with E-state index in [-0.39, 0.29) is 11.6 Å². The summed E-state index contributed by atoms with van der Waals surface area (Å²) in [5.41, 5.74) is 3.90. The lowest BCUT2D eigenvalue weighted by Crippen LogP contribution is -2.34. The van der Waals surface area contributed by atoms with Crippen molar-refractivity contribution in [2.75, 3.05) is 13.1 Å². The van der Waals surface area contributed by atoms with Crippen LogP contribution in [0.1, 0.15) is 79.5 Å². The lowest BCUT2D eigenvalue weighted by Gasteiger charge is -2.29. The van der Waals surface area contributed by atoms with Crippen molar-refractivity contribution in [3.8, 4) is 0 Å². The van der Waals surface area contributed by atoms with Gasteiger partial charge in [-0.05, 0) is 80.2 Å². The lowest BCUT2D eigenvalue weighted by molar-refractivity contribution is 0.243. The quantitative estimate of drug-likeness (QED) is 0.712. The van der Waals surface area contributed by atoms with E-state index < -0.39 is 0 Å². The summed E-state index contributed by atoms with van der Waals surface area (Å²) in [6, 6.07) is 6.39. The van der Waals surface area contributed by atoms with Crippen molar-refractivity contribution in [2.45, 2.75) is 70.9 Å². The molecule has 0 radical (unpaired) electrons. The van der Waals surface area contributed by atoms with E-state index in [4.69, 9.17) is 0 Å². The van der Waals surface area contributed by atoms with Crippen molar-refractivity contribution < 1.29 is 0 Å². The predicted molar refractivity (Wildman–Crippen MR) is 117 cm³/mol. The molecule has 0 unspecified atom stereocenters. The van der Waals surface area contributed by atoms with Crippen molar-refractivity contribution in [1.29, 1.82) is 0 Å². The molecule has 7 nitrogen and oxygen atoms in total. The summed E-state index contributed by atoms with van der Waals surface area (Å²) in [6.45, 7) is 6.07. The van der Waals surface area contributed by atoms with Gasteiger partial charge < -0.3 is 4.98 Å². The fourth-order valence-electron chi connectivity index (χ4n) is 5.26. The highest BCUT2D eigenvalue weighted by molar-refractivity contribution is 5.85. The Kier molecular flexibility index (Phi) is 5.15. The van der Waals surface area contributed by atoms with E-state index in [1.165, 1.54) is 24.8 Å². The first-order chi connectivity index (χ1) is 14.6. The van der Waals surface area contributed by atoms with E-state index in [2.05, 4.69) is 50.5 Å². The molecule has 1 aliphatic carbocycles. The number of hydrogen-bond donors (Lipinski definition) is 1. The minimum atomic E-state index is -0.211. The average molecular weight is 407 g/mol. The molecule has 2 fully saturated rings.